The van der Waals surface area contributed by atoms with Crippen molar-refractivity contribution in [2.24, 2.45) is 0 Å². The van der Waals surface area contributed by atoms with E-state index in [2.05, 4.69) is 23.7 Å². The molecule has 0 saturated heterocycles. The summed E-state index contributed by atoms with van der Waals surface area (Å²) in [6, 6.07) is 0. The summed E-state index contributed by atoms with van der Waals surface area (Å²) in [5, 5.41) is 0. The van der Waals surface area contributed by atoms with Crippen molar-refractivity contribution in [2.75, 3.05) is 34.4 Å². The van der Waals surface area contributed by atoms with Gasteiger partial charge in [0.2, 0.25) is 0 Å². The number of hydrogen-bond donors (Lipinski definition) is 0. The highest BCUT2D eigenvalue weighted by Crippen LogP contribution is 2.08. The van der Waals surface area contributed by atoms with Crippen LogP contribution in [0, 0.1) is 0 Å². The van der Waals surface area contributed by atoms with Gasteiger partial charge in [-0.15, -0.1) is 0 Å². The Morgan fingerprint density at radius 3 is 1.75 bits per heavy atom. The lowest BCUT2D eigenvalue weighted by Crippen LogP contribution is -2.12. The van der Waals surface area contributed by atoms with Crippen molar-refractivity contribution >= 4 is 6.16 Å². The first-order valence-corrected chi connectivity index (χ1v) is 8.02. The summed E-state index contributed by atoms with van der Waals surface area (Å²) >= 11 is 0. The topological polar surface area (TPSA) is 38.8 Å². The third-order valence-corrected chi connectivity index (χ3v) is 2.89. The molecule has 0 aliphatic heterocycles. The van der Waals surface area contributed by atoms with Gasteiger partial charge >= 0.3 is 6.16 Å². The Kier molecular flexibility index (Phi) is 19.6. The summed E-state index contributed by atoms with van der Waals surface area (Å²) in [6.07, 6.45) is 9.33. The predicted molar refractivity (Wildman–Crippen MR) is 85.2 cm³/mol. The summed E-state index contributed by atoms with van der Waals surface area (Å²) in [6.45, 7) is 5.68. The van der Waals surface area contributed by atoms with Crippen molar-refractivity contribution in [3.63, 3.8) is 0 Å². The van der Waals surface area contributed by atoms with E-state index in [1.54, 1.807) is 0 Å². The highest BCUT2D eigenvalue weighted by Gasteiger charge is 1.99. The van der Waals surface area contributed by atoms with Gasteiger partial charge in [0, 0.05) is 0 Å². The number of unbranched alkanes of at least 4 members (excludes halogenated alkanes) is 7. The van der Waals surface area contributed by atoms with Gasteiger partial charge in [-0.1, -0.05) is 52.4 Å². The SMILES string of the molecule is CC.COC(=O)OCCCCCCCCCCN(C)C. The summed E-state index contributed by atoms with van der Waals surface area (Å²) in [5.74, 6) is 0. The van der Waals surface area contributed by atoms with Crippen LogP contribution < -0.4 is 0 Å². The van der Waals surface area contributed by atoms with Crippen molar-refractivity contribution in [1.82, 2.24) is 4.90 Å². The average Bonchev–Trinajstić information content (AvgIpc) is 2.46. The van der Waals surface area contributed by atoms with Crippen LogP contribution in [0.2, 0.25) is 0 Å². The number of ether oxygens (including phenoxy) is 2. The number of hydrogen-bond acceptors (Lipinski definition) is 4. The molecule has 122 valence electrons. The van der Waals surface area contributed by atoms with Crippen LogP contribution in [0.1, 0.15) is 65.2 Å². The molecule has 0 saturated carbocycles. The zero-order valence-electron chi connectivity index (χ0n) is 14.2. The third kappa shape index (κ3) is 19.6. The highest BCUT2D eigenvalue weighted by molar-refractivity contribution is 5.59. The lowest BCUT2D eigenvalue weighted by atomic mass is 10.1. The van der Waals surface area contributed by atoms with Crippen LogP contribution in [0.5, 0.6) is 0 Å². The Hall–Kier alpha value is -0.770. The van der Waals surface area contributed by atoms with Crippen LogP contribution in [0.15, 0.2) is 0 Å². The van der Waals surface area contributed by atoms with Crippen LogP contribution in [0.25, 0.3) is 0 Å². The monoisotopic (exact) mass is 289 g/mol. The lowest BCUT2D eigenvalue weighted by Gasteiger charge is -2.08. The minimum atomic E-state index is -0.573. The first-order chi connectivity index (χ1) is 9.66. The fourth-order valence-corrected chi connectivity index (χ4v) is 1.81. The Morgan fingerprint density at radius 1 is 0.850 bits per heavy atom. The minimum Gasteiger partial charge on any atom is -0.438 e. The van der Waals surface area contributed by atoms with Gasteiger partial charge in [-0.3, -0.25) is 0 Å². The molecule has 0 radical (unpaired) electrons. The molecule has 0 bridgehead atoms. The second kappa shape index (κ2) is 18.2. The maximum Gasteiger partial charge on any atom is 0.507 e. The Morgan fingerprint density at radius 2 is 1.30 bits per heavy atom. The van der Waals surface area contributed by atoms with Gasteiger partial charge in [0.1, 0.15) is 0 Å². The molecule has 0 amide bonds. The van der Waals surface area contributed by atoms with E-state index in [4.69, 9.17) is 4.74 Å². The molecule has 20 heavy (non-hydrogen) atoms. The van der Waals surface area contributed by atoms with Crippen molar-refractivity contribution < 1.29 is 14.3 Å². The molecule has 0 rings (SSSR count). The normalized spacial score (nSPS) is 9.90. The van der Waals surface area contributed by atoms with E-state index in [1.807, 2.05) is 13.8 Å². The van der Waals surface area contributed by atoms with Crippen molar-refractivity contribution in [2.45, 2.75) is 65.2 Å². The van der Waals surface area contributed by atoms with E-state index in [0.717, 1.165) is 12.8 Å². The quantitative estimate of drug-likeness (QED) is 0.415. The fraction of sp³-hybridized carbons (Fsp3) is 0.938. The Balaban J connectivity index is 0. The fourth-order valence-electron chi connectivity index (χ4n) is 1.81. The van der Waals surface area contributed by atoms with Crippen molar-refractivity contribution in [1.29, 1.82) is 0 Å². The molecule has 4 nitrogen and oxygen atoms in total. The van der Waals surface area contributed by atoms with Crippen molar-refractivity contribution in [3.8, 4) is 0 Å². The second-order valence-electron chi connectivity index (χ2n) is 4.93. The van der Waals surface area contributed by atoms with Gasteiger partial charge in [-0.05, 0) is 33.5 Å². The molecule has 0 aromatic heterocycles. The van der Waals surface area contributed by atoms with Gasteiger partial charge in [-0.25, -0.2) is 4.79 Å². The molecule has 0 aliphatic carbocycles. The molecular formula is C16H35NO3. The van der Waals surface area contributed by atoms with Gasteiger partial charge in [0.05, 0.1) is 13.7 Å². The third-order valence-electron chi connectivity index (χ3n) is 2.89. The van der Waals surface area contributed by atoms with Crippen LogP contribution in [0.3, 0.4) is 0 Å². The maximum atomic E-state index is 10.6. The van der Waals surface area contributed by atoms with Crippen molar-refractivity contribution in [3.05, 3.63) is 0 Å². The van der Waals surface area contributed by atoms with E-state index >= 15 is 0 Å². The Labute approximate surface area is 125 Å². The van der Waals surface area contributed by atoms with E-state index in [-0.39, 0.29) is 0 Å². The standard InChI is InChI=1S/C14H29NO3.C2H6/c1-15(2)12-10-8-6-4-5-7-9-11-13-18-14(16)17-3;1-2/h4-13H2,1-3H3;1-2H3. The van der Waals surface area contributed by atoms with Gasteiger partial charge in [-0.2, -0.15) is 0 Å². The maximum absolute atomic E-state index is 10.6. The molecule has 4 heteroatoms. The van der Waals surface area contributed by atoms with Crippen LogP contribution in [-0.2, 0) is 9.47 Å². The molecule has 0 heterocycles. The summed E-state index contributed by atoms with van der Waals surface area (Å²) in [4.78, 5) is 12.9. The molecule has 0 unspecified atom stereocenters. The number of rotatable bonds is 11. The molecule has 0 fully saturated rings. The van der Waals surface area contributed by atoms with E-state index in [1.165, 1.54) is 52.2 Å². The summed E-state index contributed by atoms with van der Waals surface area (Å²) in [7, 11) is 5.57. The van der Waals surface area contributed by atoms with Crippen LogP contribution >= 0.6 is 0 Å². The Bertz CT molecular complexity index is 196. The van der Waals surface area contributed by atoms with E-state index < -0.39 is 6.16 Å². The molecule has 0 atom stereocenters. The van der Waals surface area contributed by atoms with E-state index in [9.17, 15) is 4.79 Å². The summed E-state index contributed by atoms with van der Waals surface area (Å²) in [5.41, 5.74) is 0. The van der Waals surface area contributed by atoms with Crippen LogP contribution in [0.4, 0.5) is 4.79 Å². The minimum absolute atomic E-state index is 0.482. The summed E-state index contributed by atoms with van der Waals surface area (Å²) < 4.78 is 9.19. The number of methoxy groups -OCH3 is 1. The van der Waals surface area contributed by atoms with E-state index in [0.29, 0.717) is 6.61 Å². The first-order valence-electron chi connectivity index (χ1n) is 8.02. The highest BCUT2D eigenvalue weighted by atomic mass is 16.7. The molecular weight excluding hydrogens is 254 g/mol. The van der Waals surface area contributed by atoms with Gasteiger partial charge in [0.25, 0.3) is 0 Å². The van der Waals surface area contributed by atoms with Gasteiger partial charge < -0.3 is 14.4 Å². The second-order valence-corrected chi connectivity index (χ2v) is 4.93. The number of nitrogens with zero attached hydrogens (tertiary/aromatic N) is 1. The average molecular weight is 289 g/mol. The predicted octanol–water partition coefficient (Wildman–Crippen LogP) is 4.48. The molecule has 0 spiro atoms. The van der Waals surface area contributed by atoms with Crippen LogP contribution in [-0.4, -0.2) is 45.4 Å². The first kappa shape index (κ1) is 21.5. The number of carbonyl (C=O) groups excluding carboxylic acids is 1. The zero-order chi connectivity index (χ0) is 15.6. The smallest absolute Gasteiger partial charge is 0.438 e. The lowest BCUT2D eigenvalue weighted by molar-refractivity contribution is 0.0713. The molecule has 0 N–H and O–H groups in total. The zero-order valence-corrected chi connectivity index (χ0v) is 14.2. The number of carbonyl (C=O) groups is 1. The largest absolute Gasteiger partial charge is 0.507 e. The van der Waals surface area contributed by atoms with Gasteiger partial charge in [0.15, 0.2) is 0 Å². The molecule has 0 aliphatic rings. The molecule has 0 aromatic rings. The molecule has 0 aromatic carbocycles.